The summed E-state index contributed by atoms with van der Waals surface area (Å²) in [5, 5.41) is 32.2. The minimum atomic E-state index is 0.512. The average Bonchev–Trinajstić information content (AvgIpc) is 4.12. The Labute approximate surface area is 415 Å². The van der Waals surface area contributed by atoms with Crippen molar-refractivity contribution < 1.29 is 0 Å². The lowest BCUT2D eigenvalue weighted by Crippen LogP contribution is -2.07. The summed E-state index contributed by atoms with van der Waals surface area (Å²) in [6.45, 7) is 8.54. The highest BCUT2D eigenvalue weighted by molar-refractivity contribution is 6.14. The summed E-state index contributed by atoms with van der Waals surface area (Å²) < 4.78 is 9.28. The molecule has 0 unspecified atom stereocenters. The van der Waals surface area contributed by atoms with E-state index < -0.39 is 0 Å². The summed E-state index contributed by atoms with van der Waals surface area (Å²) in [7, 11) is 0. The number of hydrogen-bond acceptors (Lipinski definition) is 2. The number of aryl methyl sites for hydroxylation is 4. The Morgan fingerprint density at radius 1 is 0.264 bits per heavy atom. The Hall–Kier alpha value is -9.62. The van der Waals surface area contributed by atoms with Crippen LogP contribution in [0.5, 0.6) is 0 Å². The van der Waals surface area contributed by atoms with Crippen LogP contribution in [-0.2, 0) is 0 Å². The van der Waals surface area contributed by atoms with Crippen LogP contribution in [0.4, 0.5) is 0 Å². The molecule has 0 spiro atoms. The van der Waals surface area contributed by atoms with Crippen LogP contribution in [0.15, 0.2) is 194 Å². The van der Waals surface area contributed by atoms with Crippen molar-refractivity contribution in [3.05, 3.63) is 228 Å². The van der Waals surface area contributed by atoms with E-state index in [4.69, 9.17) is 0 Å². The van der Waals surface area contributed by atoms with E-state index in [9.17, 15) is 10.5 Å². The fourth-order valence-corrected chi connectivity index (χ4v) is 11.9. The second kappa shape index (κ2) is 15.4. The van der Waals surface area contributed by atoms with E-state index >= 15 is 0 Å². The molecule has 0 aliphatic carbocycles. The molecule has 0 N–H and O–H groups in total. The van der Waals surface area contributed by atoms with E-state index in [-0.39, 0.29) is 0 Å². The zero-order chi connectivity index (χ0) is 48.5. The molecule has 10 aromatic carbocycles. The first kappa shape index (κ1) is 41.4. The molecule has 0 amide bonds. The van der Waals surface area contributed by atoms with Crippen LogP contribution >= 0.6 is 0 Å². The zero-order valence-corrected chi connectivity index (χ0v) is 40.2. The van der Waals surface area contributed by atoms with E-state index in [1.54, 1.807) is 0 Å². The standard InChI is InChI=1S/C66H44N6/c1-39-22-26-59-50(29-39)46-14-6-10-18-56(46)69(59)62-35-65(71-58-20-12-8-16-48(58)52-31-41(3)24-28-61(52)71)53(33-43(62)37-67)54-34-44(38-68)63(70-57-19-11-7-15-47(57)51-30-40(2)23-27-60(51)70)36-66(54)72-55-17-9-5-13-45(55)49-25-21-42(4)32-64(49)72/h5-36H,1-4H3. The van der Waals surface area contributed by atoms with Gasteiger partial charge in [0.05, 0.1) is 78.0 Å². The Bertz CT molecular complexity index is 4760. The van der Waals surface area contributed by atoms with Gasteiger partial charge < -0.3 is 18.3 Å². The Kier molecular flexibility index (Phi) is 8.87. The number of nitriles is 2. The largest absolute Gasteiger partial charge is 0.309 e. The Morgan fingerprint density at radius 3 is 0.944 bits per heavy atom. The third kappa shape index (κ3) is 5.87. The van der Waals surface area contributed by atoms with Gasteiger partial charge in [-0.2, -0.15) is 10.5 Å². The fourth-order valence-electron chi connectivity index (χ4n) is 11.9. The monoisotopic (exact) mass is 920 g/mol. The van der Waals surface area contributed by atoms with Gasteiger partial charge in [-0.1, -0.05) is 120 Å². The van der Waals surface area contributed by atoms with E-state index in [1.165, 1.54) is 16.7 Å². The molecule has 0 aliphatic rings. The van der Waals surface area contributed by atoms with E-state index in [1.807, 2.05) is 0 Å². The molecule has 6 nitrogen and oxygen atoms in total. The molecule has 0 radical (unpaired) electrons. The van der Waals surface area contributed by atoms with Crippen LogP contribution in [0.25, 0.3) is 121 Å². The molecule has 0 atom stereocenters. The lowest BCUT2D eigenvalue weighted by Gasteiger charge is -2.23. The van der Waals surface area contributed by atoms with Gasteiger partial charge in [-0.3, -0.25) is 0 Å². The second-order valence-electron chi connectivity index (χ2n) is 19.5. The van der Waals surface area contributed by atoms with Crippen LogP contribution in [0.3, 0.4) is 0 Å². The van der Waals surface area contributed by atoms with Crippen LogP contribution in [0, 0.1) is 50.4 Å². The summed E-state index contributed by atoms with van der Waals surface area (Å²) in [6, 6.07) is 74.7. The predicted octanol–water partition coefficient (Wildman–Crippen LogP) is 16.7. The molecule has 0 fully saturated rings. The SMILES string of the molecule is Cc1ccc2c(c1)c1ccccc1n2-c1cc(-n2c3ccccc3c3cc(C)ccc32)c(-c2cc(C#N)c(-n3c4ccccc4c4cc(C)ccc43)cc2-n2c3ccccc3c3ccc(C)cc32)cc1C#N. The first-order valence-electron chi connectivity index (χ1n) is 24.5. The highest BCUT2D eigenvalue weighted by atomic mass is 15.0. The number of rotatable bonds is 5. The Morgan fingerprint density at radius 2 is 0.556 bits per heavy atom. The molecule has 4 heterocycles. The van der Waals surface area contributed by atoms with Crippen molar-refractivity contribution in [2.75, 3.05) is 0 Å². The van der Waals surface area contributed by atoms with Gasteiger partial charge in [0.1, 0.15) is 12.1 Å². The van der Waals surface area contributed by atoms with Crippen molar-refractivity contribution in [1.29, 1.82) is 10.5 Å². The van der Waals surface area contributed by atoms with Gasteiger partial charge in [0, 0.05) is 54.2 Å². The lowest BCUT2D eigenvalue weighted by atomic mass is 9.94. The molecule has 14 aromatic rings. The molecule has 0 saturated carbocycles. The fraction of sp³-hybridized carbons (Fsp3) is 0.0606. The van der Waals surface area contributed by atoms with Gasteiger partial charge >= 0.3 is 0 Å². The lowest BCUT2D eigenvalue weighted by molar-refractivity contribution is 1.11. The maximum absolute atomic E-state index is 11.6. The normalized spacial score (nSPS) is 11.9. The number of nitrogens with zero attached hydrogens (tertiary/aromatic N) is 6. The molecule has 0 bridgehead atoms. The smallest absolute Gasteiger partial charge is 0.101 e. The van der Waals surface area contributed by atoms with Gasteiger partial charge in [0.2, 0.25) is 0 Å². The first-order chi connectivity index (χ1) is 35.3. The Balaban J connectivity index is 1.19. The van der Waals surface area contributed by atoms with E-state index in [2.05, 4.69) is 252 Å². The minimum absolute atomic E-state index is 0.512. The summed E-state index contributed by atoms with van der Waals surface area (Å²) in [5.74, 6) is 0. The van der Waals surface area contributed by atoms with Gasteiger partial charge in [0.15, 0.2) is 0 Å². The average molecular weight is 921 g/mol. The van der Waals surface area contributed by atoms with Crippen molar-refractivity contribution in [2.45, 2.75) is 27.7 Å². The molecular weight excluding hydrogens is 877 g/mol. The number of fused-ring (bicyclic) bond motifs is 12. The molecule has 0 aliphatic heterocycles. The second-order valence-corrected chi connectivity index (χ2v) is 19.5. The first-order valence-corrected chi connectivity index (χ1v) is 24.5. The summed E-state index contributed by atoms with van der Waals surface area (Å²) in [4.78, 5) is 0. The number of aromatic nitrogens is 4. The van der Waals surface area contributed by atoms with Gasteiger partial charge in [-0.15, -0.1) is 0 Å². The van der Waals surface area contributed by atoms with Crippen molar-refractivity contribution in [3.63, 3.8) is 0 Å². The van der Waals surface area contributed by atoms with E-state index in [0.29, 0.717) is 11.1 Å². The molecule has 4 aromatic heterocycles. The third-order valence-electron chi connectivity index (χ3n) is 15.0. The molecule has 0 saturated heterocycles. The molecule has 72 heavy (non-hydrogen) atoms. The quantitative estimate of drug-likeness (QED) is 0.173. The zero-order valence-electron chi connectivity index (χ0n) is 40.2. The molecule has 338 valence electrons. The third-order valence-corrected chi connectivity index (χ3v) is 15.0. The number of hydrogen-bond donors (Lipinski definition) is 0. The number of para-hydroxylation sites is 4. The minimum Gasteiger partial charge on any atom is -0.309 e. The van der Waals surface area contributed by atoms with Crippen LogP contribution < -0.4 is 0 Å². The number of benzene rings is 10. The highest BCUT2D eigenvalue weighted by Crippen LogP contribution is 2.46. The molecule has 6 heteroatoms. The van der Waals surface area contributed by atoms with Crippen LogP contribution in [0.1, 0.15) is 33.4 Å². The van der Waals surface area contributed by atoms with Crippen molar-refractivity contribution >= 4 is 87.2 Å². The summed E-state index contributed by atoms with van der Waals surface area (Å²) in [6.07, 6.45) is 0. The van der Waals surface area contributed by atoms with Crippen LogP contribution in [0.2, 0.25) is 0 Å². The van der Waals surface area contributed by atoms with E-state index in [0.717, 1.165) is 127 Å². The van der Waals surface area contributed by atoms with Crippen molar-refractivity contribution in [3.8, 4) is 46.0 Å². The topological polar surface area (TPSA) is 67.3 Å². The molecule has 14 rings (SSSR count). The summed E-state index contributed by atoms with van der Waals surface area (Å²) >= 11 is 0. The summed E-state index contributed by atoms with van der Waals surface area (Å²) in [5.41, 5.74) is 18.9. The van der Waals surface area contributed by atoms with Gasteiger partial charge in [0.25, 0.3) is 0 Å². The van der Waals surface area contributed by atoms with Gasteiger partial charge in [-0.25, -0.2) is 0 Å². The predicted molar refractivity (Wildman–Crippen MR) is 298 cm³/mol. The maximum Gasteiger partial charge on any atom is 0.101 e. The molecular formula is C66H44N6. The van der Waals surface area contributed by atoms with Gasteiger partial charge in [-0.05, 0) is 124 Å². The van der Waals surface area contributed by atoms with Crippen molar-refractivity contribution in [1.82, 2.24) is 18.3 Å². The van der Waals surface area contributed by atoms with Crippen LogP contribution in [-0.4, -0.2) is 18.3 Å². The maximum atomic E-state index is 11.6. The highest BCUT2D eigenvalue weighted by Gasteiger charge is 2.27. The van der Waals surface area contributed by atoms with Crippen molar-refractivity contribution in [2.24, 2.45) is 0 Å².